The standard InChI is InChI=1S/C21H10NS2.C11H20O2.Ir/c1-2-6-13-12(5-1)11-22-20-14-7-3-8-15-18(14)19-16(23-15)9-4-10-17(19)24-21(13)20;1-10(2,3)8(12)7-9(13)11(4,5)6;/h1-6,8-11H;7,12H,1-6H3;/q-1;;/b;8-7-;. The summed E-state index contributed by atoms with van der Waals surface area (Å²) in [5.74, 6) is 0.104. The Balaban J connectivity index is 0.000000209. The van der Waals surface area contributed by atoms with Crippen LogP contribution < -0.4 is 0 Å². The Morgan fingerprint density at radius 2 is 1.53 bits per heavy atom. The van der Waals surface area contributed by atoms with Gasteiger partial charge >= 0.3 is 0 Å². The number of aliphatic hydroxyl groups is 1. The van der Waals surface area contributed by atoms with Crippen molar-refractivity contribution in [3.63, 3.8) is 0 Å². The van der Waals surface area contributed by atoms with Gasteiger partial charge in [-0.2, -0.15) is 11.3 Å². The third kappa shape index (κ3) is 5.28. The van der Waals surface area contributed by atoms with Crippen LogP contribution in [0.5, 0.6) is 0 Å². The van der Waals surface area contributed by atoms with Gasteiger partial charge in [-0.25, -0.2) is 0 Å². The van der Waals surface area contributed by atoms with E-state index in [2.05, 4.69) is 54.6 Å². The first kappa shape index (κ1) is 28.4. The summed E-state index contributed by atoms with van der Waals surface area (Å²) in [4.78, 5) is 16.3. The number of allylic oxidation sites excluding steroid dienone is 2. The molecule has 0 spiro atoms. The van der Waals surface area contributed by atoms with Gasteiger partial charge in [0, 0.05) is 62.8 Å². The molecule has 3 aromatic heterocycles. The van der Waals surface area contributed by atoms with E-state index < -0.39 is 5.41 Å². The quantitative estimate of drug-likeness (QED) is 0.105. The van der Waals surface area contributed by atoms with Gasteiger partial charge in [0.05, 0.1) is 0 Å². The van der Waals surface area contributed by atoms with Gasteiger partial charge in [-0.15, -0.1) is 34.9 Å². The molecule has 38 heavy (non-hydrogen) atoms. The third-order valence-electron chi connectivity index (χ3n) is 6.39. The van der Waals surface area contributed by atoms with Crippen LogP contribution in [0, 0.1) is 16.9 Å². The number of nitrogens with zero attached hydrogens (tertiary/aromatic N) is 1. The van der Waals surface area contributed by atoms with Crippen LogP contribution in [-0.2, 0) is 24.9 Å². The van der Waals surface area contributed by atoms with Crippen LogP contribution in [0.15, 0.2) is 72.6 Å². The molecular weight excluding hydrogens is 687 g/mol. The Hall–Kier alpha value is -2.63. The van der Waals surface area contributed by atoms with Crippen molar-refractivity contribution in [2.45, 2.75) is 41.5 Å². The van der Waals surface area contributed by atoms with Crippen LogP contribution in [0.3, 0.4) is 0 Å². The van der Waals surface area contributed by atoms with Crippen molar-refractivity contribution in [1.82, 2.24) is 4.98 Å². The van der Waals surface area contributed by atoms with E-state index in [1.54, 1.807) is 0 Å². The molecule has 6 heteroatoms. The average molecular weight is 717 g/mol. The molecular formula is C32H30IrNO2S2-. The molecule has 1 N–H and O–H groups in total. The fourth-order valence-corrected chi connectivity index (χ4v) is 6.56. The molecule has 0 amide bonds. The first-order valence-corrected chi connectivity index (χ1v) is 14.0. The summed E-state index contributed by atoms with van der Waals surface area (Å²) in [6.45, 7) is 11.1. The van der Waals surface area contributed by atoms with Crippen molar-refractivity contribution in [1.29, 1.82) is 0 Å². The number of thiophene rings is 1. The van der Waals surface area contributed by atoms with Crippen molar-refractivity contribution in [3.05, 3.63) is 78.7 Å². The van der Waals surface area contributed by atoms with Crippen LogP contribution in [0.25, 0.3) is 51.2 Å². The van der Waals surface area contributed by atoms with Crippen molar-refractivity contribution >= 4 is 79.7 Å². The van der Waals surface area contributed by atoms with E-state index in [-0.39, 0.29) is 37.1 Å². The summed E-state index contributed by atoms with van der Waals surface area (Å²) in [7, 11) is 0. The molecule has 1 radical (unpaired) electrons. The second kappa shape index (κ2) is 10.5. The van der Waals surface area contributed by atoms with E-state index in [0.717, 1.165) is 10.9 Å². The average Bonchev–Trinajstić information content (AvgIpc) is 3.15. The van der Waals surface area contributed by atoms with Crippen LogP contribution in [0.1, 0.15) is 41.5 Å². The Labute approximate surface area is 244 Å². The van der Waals surface area contributed by atoms with Gasteiger partial charge in [0.1, 0.15) is 5.76 Å². The third-order valence-corrected chi connectivity index (χ3v) is 8.69. The van der Waals surface area contributed by atoms with E-state index in [1.807, 2.05) is 76.5 Å². The zero-order valence-corrected chi connectivity index (χ0v) is 26.3. The maximum Gasteiger partial charge on any atom is 0.164 e. The summed E-state index contributed by atoms with van der Waals surface area (Å²) in [6, 6.07) is 22.8. The Kier molecular flexibility index (Phi) is 7.84. The van der Waals surface area contributed by atoms with Gasteiger partial charge in [0.15, 0.2) is 5.78 Å². The second-order valence-electron chi connectivity index (χ2n) is 11.3. The molecule has 0 fully saturated rings. The van der Waals surface area contributed by atoms with Crippen LogP contribution >= 0.6 is 22.7 Å². The summed E-state index contributed by atoms with van der Waals surface area (Å²) >= 11 is 3.70. The maximum absolute atomic E-state index is 11.5. The maximum atomic E-state index is 11.5. The number of fused-ring (bicyclic) bond motifs is 4. The minimum Gasteiger partial charge on any atom is -0.512 e. The molecule has 197 valence electrons. The summed E-state index contributed by atoms with van der Waals surface area (Å²) in [5.41, 5.74) is 0.292. The zero-order chi connectivity index (χ0) is 26.5. The summed E-state index contributed by atoms with van der Waals surface area (Å²) in [6.07, 6.45) is 3.32. The molecule has 3 heterocycles. The van der Waals surface area contributed by atoms with E-state index in [1.165, 1.54) is 46.4 Å². The Morgan fingerprint density at radius 3 is 2.21 bits per heavy atom. The molecule has 0 saturated carbocycles. The van der Waals surface area contributed by atoms with Gasteiger partial charge in [-0.1, -0.05) is 77.3 Å². The molecule has 0 aliphatic heterocycles. The fourth-order valence-electron chi connectivity index (χ4n) is 4.13. The summed E-state index contributed by atoms with van der Waals surface area (Å²) in [5, 5.41) is 15.8. The molecule has 3 aromatic carbocycles. The van der Waals surface area contributed by atoms with Crippen molar-refractivity contribution < 1.29 is 30.0 Å². The van der Waals surface area contributed by atoms with Gasteiger partial charge < -0.3 is 10.1 Å². The van der Waals surface area contributed by atoms with Crippen LogP contribution in [0.2, 0.25) is 0 Å². The van der Waals surface area contributed by atoms with Gasteiger partial charge in [-0.05, 0) is 33.0 Å². The first-order valence-electron chi connectivity index (χ1n) is 12.3. The molecule has 0 aliphatic carbocycles. The number of aliphatic hydroxyl groups excluding tert-OH is 1. The van der Waals surface area contributed by atoms with E-state index >= 15 is 0 Å². The topological polar surface area (TPSA) is 50.2 Å². The van der Waals surface area contributed by atoms with Crippen LogP contribution in [-0.4, -0.2) is 15.9 Å². The van der Waals surface area contributed by atoms with E-state index in [0.29, 0.717) is 0 Å². The van der Waals surface area contributed by atoms with Crippen molar-refractivity contribution in [2.75, 3.05) is 0 Å². The number of ketones is 1. The minimum atomic E-state index is -0.417. The number of benzene rings is 3. The van der Waals surface area contributed by atoms with E-state index in [4.69, 9.17) is 4.98 Å². The second-order valence-corrected chi connectivity index (χ2v) is 13.5. The fraction of sp³-hybridized carbons (Fsp3) is 0.250. The van der Waals surface area contributed by atoms with Crippen molar-refractivity contribution in [2.24, 2.45) is 10.8 Å². The molecule has 6 rings (SSSR count). The largest absolute Gasteiger partial charge is 0.512 e. The normalized spacial score (nSPS) is 12.6. The SMILES string of the molecule is CC(C)(C)C(=O)/C=C(\O)C(C)(C)C.[Ir].[c-]1ccc2sc3cccc4sc5c6ccccc6cnc5c1c2c34. The van der Waals surface area contributed by atoms with Gasteiger partial charge in [0.2, 0.25) is 0 Å². The van der Waals surface area contributed by atoms with Gasteiger partial charge in [-0.3, -0.25) is 4.79 Å². The van der Waals surface area contributed by atoms with Crippen LogP contribution in [0.4, 0.5) is 0 Å². The number of carbonyl (C=O) groups is 1. The van der Waals surface area contributed by atoms with Gasteiger partial charge in [0.25, 0.3) is 0 Å². The summed E-state index contributed by atoms with van der Waals surface area (Å²) < 4.78 is 5.21. The van der Waals surface area contributed by atoms with Crippen molar-refractivity contribution in [3.8, 4) is 0 Å². The molecule has 6 aromatic rings. The molecule has 0 saturated heterocycles. The molecule has 3 nitrogen and oxygen atoms in total. The Bertz CT molecular complexity index is 1830. The number of hydrogen-bond acceptors (Lipinski definition) is 5. The number of rotatable bonds is 1. The minimum absolute atomic E-state index is 0. The molecule has 0 atom stereocenters. The number of carbonyl (C=O) groups excluding carboxylic acids is 1. The molecule has 0 aliphatic rings. The zero-order valence-electron chi connectivity index (χ0n) is 22.3. The number of pyridine rings is 1. The first-order chi connectivity index (χ1) is 17.4. The molecule has 0 bridgehead atoms. The molecule has 0 unspecified atom stereocenters. The number of hydrogen-bond donors (Lipinski definition) is 1. The monoisotopic (exact) mass is 717 g/mol. The predicted octanol–water partition coefficient (Wildman–Crippen LogP) is 9.86. The predicted molar refractivity (Wildman–Crippen MR) is 161 cm³/mol. The smallest absolute Gasteiger partial charge is 0.164 e. The number of aromatic nitrogens is 1. The Morgan fingerprint density at radius 1 is 0.868 bits per heavy atom. The van der Waals surface area contributed by atoms with E-state index in [9.17, 15) is 9.90 Å².